The molecule has 0 bridgehead atoms. The lowest BCUT2D eigenvalue weighted by Crippen LogP contribution is -2.33. The maximum Gasteiger partial charge on any atom is 0.185 e. The molecular weight excluding hydrogens is 368 g/mol. The van der Waals surface area contributed by atoms with Gasteiger partial charge in [-0.1, -0.05) is 75.0 Å². The van der Waals surface area contributed by atoms with Crippen LogP contribution < -0.4 is 4.90 Å². The normalized spacial score (nSPS) is 13.3. The van der Waals surface area contributed by atoms with Crippen LogP contribution in [0.2, 0.25) is 0 Å². The van der Waals surface area contributed by atoms with Gasteiger partial charge in [0.15, 0.2) is 5.78 Å². The van der Waals surface area contributed by atoms with Crippen molar-refractivity contribution in [2.45, 2.75) is 27.7 Å². The maximum atomic E-state index is 12.9. The molecule has 0 aliphatic carbocycles. The van der Waals surface area contributed by atoms with Gasteiger partial charge in [-0.2, -0.15) is 0 Å². The van der Waals surface area contributed by atoms with E-state index in [-0.39, 0.29) is 11.7 Å². The predicted octanol–water partition coefficient (Wildman–Crippen LogP) is 6.93. The number of rotatable bonds is 4. The first kappa shape index (κ1) is 19.8. The second kappa shape index (κ2) is 7.75. The Morgan fingerprint density at radius 3 is 2.20 bits per heavy atom. The molecule has 0 saturated heterocycles. The summed E-state index contributed by atoms with van der Waals surface area (Å²) >= 11 is 0. The fourth-order valence-electron chi connectivity index (χ4n) is 3.93. The van der Waals surface area contributed by atoms with E-state index in [1.165, 1.54) is 0 Å². The summed E-state index contributed by atoms with van der Waals surface area (Å²) in [5.74, 6) is -0.139. The number of fused-ring (bicyclic) bond motifs is 1. The highest BCUT2D eigenvalue weighted by molar-refractivity contribution is 6.48. The van der Waals surface area contributed by atoms with E-state index < -0.39 is 0 Å². The van der Waals surface area contributed by atoms with E-state index in [1.54, 1.807) is 0 Å². The summed E-state index contributed by atoms with van der Waals surface area (Å²) in [6.07, 6.45) is 0. The topological polar surface area (TPSA) is 32.7 Å². The van der Waals surface area contributed by atoms with Gasteiger partial charge in [-0.25, -0.2) is 4.99 Å². The van der Waals surface area contributed by atoms with Crippen molar-refractivity contribution in [3.8, 4) is 11.1 Å². The van der Waals surface area contributed by atoms with E-state index in [0.717, 1.165) is 39.3 Å². The highest BCUT2D eigenvalue weighted by Gasteiger charge is 2.31. The van der Waals surface area contributed by atoms with E-state index in [9.17, 15) is 4.79 Å². The average molecular weight is 395 g/mol. The molecule has 4 rings (SSSR count). The van der Waals surface area contributed by atoms with Gasteiger partial charge in [0.05, 0.1) is 22.8 Å². The summed E-state index contributed by atoms with van der Waals surface area (Å²) in [6.45, 7) is 12.3. The standard InChI is InChI=1S/C27H26N2O/c1-17(2)27(30)25-20(5)29(26-18(3)10-9-11-19(26)4)24-16-22(14-15-23(24)28-25)21-12-7-6-8-13-21/h6-17H,5H2,1-4H3. The van der Waals surface area contributed by atoms with Crippen LogP contribution in [0.4, 0.5) is 17.1 Å². The molecule has 0 atom stereocenters. The minimum atomic E-state index is -0.148. The number of nitrogens with zero attached hydrogens (tertiary/aromatic N) is 2. The lowest BCUT2D eigenvalue weighted by molar-refractivity contribution is -0.115. The molecule has 0 spiro atoms. The Bertz CT molecular complexity index is 1150. The lowest BCUT2D eigenvalue weighted by Gasteiger charge is -2.34. The summed E-state index contributed by atoms with van der Waals surface area (Å²) in [5.41, 5.74) is 8.35. The molecule has 0 saturated carbocycles. The smallest absolute Gasteiger partial charge is 0.185 e. The van der Waals surface area contributed by atoms with Gasteiger partial charge in [0.2, 0.25) is 0 Å². The van der Waals surface area contributed by atoms with E-state index in [0.29, 0.717) is 11.4 Å². The summed E-state index contributed by atoms with van der Waals surface area (Å²) in [4.78, 5) is 19.8. The Morgan fingerprint density at radius 1 is 0.900 bits per heavy atom. The van der Waals surface area contributed by atoms with Crippen LogP contribution in [0.25, 0.3) is 11.1 Å². The van der Waals surface area contributed by atoms with Crippen LogP contribution >= 0.6 is 0 Å². The molecule has 3 aromatic carbocycles. The molecule has 3 nitrogen and oxygen atoms in total. The Kier molecular flexibility index (Phi) is 5.13. The predicted molar refractivity (Wildman–Crippen MR) is 126 cm³/mol. The van der Waals surface area contributed by atoms with Crippen LogP contribution in [0.3, 0.4) is 0 Å². The van der Waals surface area contributed by atoms with Crippen LogP contribution in [-0.2, 0) is 4.79 Å². The van der Waals surface area contributed by atoms with Crippen molar-refractivity contribution in [3.05, 3.63) is 90.1 Å². The van der Waals surface area contributed by atoms with Gasteiger partial charge in [-0.3, -0.25) is 4.79 Å². The first-order chi connectivity index (χ1) is 14.4. The molecule has 1 aliphatic heterocycles. The lowest BCUT2D eigenvalue weighted by atomic mass is 9.96. The number of allylic oxidation sites excluding steroid dienone is 1. The molecule has 0 aromatic heterocycles. The molecule has 0 radical (unpaired) electrons. The zero-order valence-corrected chi connectivity index (χ0v) is 17.9. The van der Waals surface area contributed by atoms with Crippen LogP contribution in [0, 0.1) is 19.8 Å². The second-order valence-electron chi connectivity index (χ2n) is 8.07. The highest BCUT2D eigenvalue weighted by Crippen LogP contribution is 2.45. The number of hydrogen-bond acceptors (Lipinski definition) is 3. The van der Waals surface area contributed by atoms with Crippen LogP contribution in [-0.4, -0.2) is 11.5 Å². The van der Waals surface area contributed by atoms with Crippen LogP contribution in [0.15, 0.2) is 84.0 Å². The molecule has 0 amide bonds. The fraction of sp³-hybridized carbons (Fsp3) is 0.185. The zero-order valence-electron chi connectivity index (χ0n) is 17.9. The van der Waals surface area contributed by atoms with Crippen molar-refractivity contribution >= 4 is 28.6 Å². The second-order valence-corrected chi connectivity index (χ2v) is 8.07. The van der Waals surface area contributed by atoms with Crippen molar-refractivity contribution in [2.75, 3.05) is 4.90 Å². The average Bonchev–Trinajstić information content (AvgIpc) is 2.74. The third-order valence-corrected chi connectivity index (χ3v) is 5.52. The molecule has 0 N–H and O–H groups in total. The van der Waals surface area contributed by atoms with Crippen molar-refractivity contribution < 1.29 is 4.79 Å². The Labute approximate surface area is 178 Å². The Balaban J connectivity index is 1.97. The van der Waals surface area contributed by atoms with Crippen molar-refractivity contribution in [2.24, 2.45) is 10.9 Å². The molecule has 3 aromatic rings. The molecule has 1 aliphatic rings. The summed E-state index contributed by atoms with van der Waals surface area (Å²) in [6, 6.07) is 22.7. The first-order valence-corrected chi connectivity index (χ1v) is 10.3. The molecule has 30 heavy (non-hydrogen) atoms. The molecule has 0 unspecified atom stereocenters. The number of ketones is 1. The summed E-state index contributed by atoms with van der Waals surface area (Å²) in [7, 11) is 0. The van der Waals surface area contributed by atoms with Gasteiger partial charge in [-0.15, -0.1) is 0 Å². The third kappa shape index (κ3) is 3.37. The minimum Gasteiger partial charge on any atom is -0.306 e. The quantitative estimate of drug-likeness (QED) is 0.480. The number of anilines is 2. The zero-order chi connectivity index (χ0) is 21.4. The number of Topliss-reactive ketones (excluding diaryl/α,β-unsaturated/α-hetero) is 1. The van der Waals surface area contributed by atoms with Gasteiger partial charge < -0.3 is 4.90 Å². The molecule has 150 valence electrons. The summed E-state index contributed by atoms with van der Waals surface area (Å²) < 4.78 is 0. The molecule has 0 fully saturated rings. The van der Waals surface area contributed by atoms with Crippen molar-refractivity contribution in [1.29, 1.82) is 0 Å². The number of aryl methyl sites for hydroxylation is 2. The van der Waals surface area contributed by atoms with E-state index in [4.69, 9.17) is 4.99 Å². The van der Waals surface area contributed by atoms with E-state index in [2.05, 4.69) is 67.8 Å². The monoisotopic (exact) mass is 394 g/mol. The minimum absolute atomic E-state index is 0.00835. The highest BCUT2D eigenvalue weighted by atomic mass is 16.1. The summed E-state index contributed by atoms with van der Waals surface area (Å²) in [5, 5.41) is 0. The van der Waals surface area contributed by atoms with E-state index >= 15 is 0 Å². The number of aliphatic imine (C=N–C) groups is 1. The van der Waals surface area contributed by atoms with Crippen molar-refractivity contribution in [3.63, 3.8) is 0 Å². The SMILES string of the molecule is C=C1C(C(=O)C(C)C)=Nc2ccc(-c3ccccc3)cc2N1c1c(C)cccc1C. The van der Waals surface area contributed by atoms with E-state index in [1.807, 2.05) is 38.1 Å². The van der Waals surface area contributed by atoms with Crippen LogP contribution in [0.1, 0.15) is 25.0 Å². The number of hydrogen-bond donors (Lipinski definition) is 0. The van der Waals surface area contributed by atoms with Gasteiger partial charge >= 0.3 is 0 Å². The van der Waals surface area contributed by atoms with Gasteiger partial charge in [0.1, 0.15) is 5.71 Å². The molecule has 1 heterocycles. The Morgan fingerprint density at radius 2 is 1.57 bits per heavy atom. The maximum absolute atomic E-state index is 12.9. The number of carbonyl (C=O) groups excluding carboxylic acids is 1. The van der Waals surface area contributed by atoms with Gasteiger partial charge in [0.25, 0.3) is 0 Å². The number of benzene rings is 3. The van der Waals surface area contributed by atoms with Crippen molar-refractivity contribution in [1.82, 2.24) is 0 Å². The molecular formula is C27H26N2O. The van der Waals surface area contributed by atoms with Gasteiger partial charge in [0, 0.05) is 5.92 Å². The first-order valence-electron chi connectivity index (χ1n) is 10.3. The van der Waals surface area contributed by atoms with Gasteiger partial charge in [-0.05, 0) is 48.2 Å². The number of para-hydroxylation sites is 1. The number of carbonyl (C=O) groups is 1. The fourth-order valence-corrected chi connectivity index (χ4v) is 3.93. The Hall–Kier alpha value is -3.46. The largest absolute Gasteiger partial charge is 0.306 e. The third-order valence-electron chi connectivity index (χ3n) is 5.52. The van der Waals surface area contributed by atoms with Crippen LogP contribution in [0.5, 0.6) is 0 Å². The molecule has 3 heteroatoms.